The van der Waals surface area contributed by atoms with E-state index in [0.29, 0.717) is 5.71 Å². The number of fused-ring (bicyclic) bond motifs is 1. The zero-order valence-electron chi connectivity index (χ0n) is 17.4. The molecule has 2 heterocycles. The average molecular weight is 389 g/mol. The van der Waals surface area contributed by atoms with Gasteiger partial charge in [-0.15, -0.1) is 0 Å². The van der Waals surface area contributed by atoms with Crippen molar-refractivity contribution in [2.75, 3.05) is 0 Å². The number of hydrogen-bond donors (Lipinski definition) is 0. The maximum Gasteiger partial charge on any atom is 0.227 e. The zero-order valence-corrected chi connectivity index (χ0v) is 17.4. The fraction of sp³-hybridized carbons (Fsp3) is 0.107. The molecule has 0 unspecified atom stereocenters. The highest BCUT2D eigenvalue weighted by molar-refractivity contribution is 5.84. The van der Waals surface area contributed by atoms with Gasteiger partial charge in [0.1, 0.15) is 5.76 Å². The van der Waals surface area contributed by atoms with Gasteiger partial charge in [-0.1, -0.05) is 66.2 Å². The first kappa shape index (κ1) is 18.4. The van der Waals surface area contributed by atoms with E-state index in [-0.39, 0.29) is 0 Å². The predicted molar refractivity (Wildman–Crippen MR) is 125 cm³/mol. The smallest absolute Gasteiger partial charge is 0.227 e. The van der Waals surface area contributed by atoms with Gasteiger partial charge in [0.2, 0.25) is 5.71 Å². The molecule has 2 heteroatoms. The maximum atomic E-state index is 6.22. The topological polar surface area (TPSA) is 26.0 Å². The summed E-state index contributed by atoms with van der Waals surface area (Å²) in [5.41, 5.74) is 9.93. The number of benzene rings is 3. The molecule has 0 aliphatic heterocycles. The van der Waals surface area contributed by atoms with Gasteiger partial charge in [0.25, 0.3) is 0 Å². The van der Waals surface area contributed by atoms with Crippen LogP contribution in [0.1, 0.15) is 16.7 Å². The van der Waals surface area contributed by atoms with Crippen molar-refractivity contribution < 1.29 is 4.42 Å². The molecule has 0 aliphatic rings. The Kier molecular flexibility index (Phi) is 4.48. The largest absolute Gasteiger partial charge is 0.438 e. The fourth-order valence-electron chi connectivity index (χ4n) is 4.26. The lowest BCUT2D eigenvalue weighted by molar-refractivity contribution is 0.618. The van der Waals surface area contributed by atoms with Crippen LogP contribution in [0.25, 0.3) is 44.8 Å². The summed E-state index contributed by atoms with van der Waals surface area (Å²) >= 11 is 0. The zero-order chi connectivity index (χ0) is 20.7. The van der Waals surface area contributed by atoms with Gasteiger partial charge >= 0.3 is 0 Å². The molecule has 2 aromatic heterocycles. The first-order chi connectivity index (χ1) is 14.6. The third-order valence-electron chi connectivity index (χ3n) is 5.57. The van der Waals surface area contributed by atoms with E-state index in [1.807, 2.05) is 6.07 Å². The van der Waals surface area contributed by atoms with Crippen LogP contribution in [0.3, 0.4) is 0 Å². The number of rotatable bonds is 3. The number of pyridine rings is 1. The van der Waals surface area contributed by atoms with Gasteiger partial charge in [-0.3, -0.25) is 0 Å². The van der Waals surface area contributed by atoms with Gasteiger partial charge < -0.3 is 4.42 Å². The van der Waals surface area contributed by atoms with Crippen LogP contribution in [0, 0.1) is 20.8 Å². The predicted octanol–water partition coefficient (Wildman–Crippen LogP) is 7.75. The number of aryl methyl sites for hydroxylation is 3. The minimum Gasteiger partial charge on any atom is -0.438 e. The molecule has 0 bridgehead atoms. The molecule has 0 amide bonds. The molecule has 2 nitrogen and oxygen atoms in total. The molecule has 0 radical (unpaired) electrons. The molecule has 30 heavy (non-hydrogen) atoms. The van der Waals surface area contributed by atoms with Crippen LogP contribution in [0.15, 0.2) is 89.3 Å². The Hall–Kier alpha value is -3.65. The molecule has 146 valence electrons. The van der Waals surface area contributed by atoms with Crippen LogP contribution in [-0.2, 0) is 0 Å². The highest BCUT2D eigenvalue weighted by atomic mass is 16.3. The van der Waals surface area contributed by atoms with Crippen LogP contribution in [0.4, 0.5) is 0 Å². The van der Waals surface area contributed by atoms with E-state index in [0.717, 1.165) is 28.0 Å². The van der Waals surface area contributed by atoms with E-state index in [1.165, 1.54) is 27.8 Å². The summed E-state index contributed by atoms with van der Waals surface area (Å²) in [4.78, 5) is 4.84. The van der Waals surface area contributed by atoms with Gasteiger partial charge in [0.05, 0.1) is 5.69 Å². The summed E-state index contributed by atoms with van der Waals surface area (Å²) in [6.45, 7) is 6.40. The Labute approximate surface area is 176 Å². The van der Waals surface area contributed by atoms with E-state index < -0.39 is 0 Å². The molecule has 0 fully saturated rings. The average Bonchev–Trinajstić information content (AvgIpc) is 3.16. The van der Waals surface area contributed by atoms with Crippen LogP contribution in [0.2, 0.25) is 0 Å². The van der Waals surface area contributed by atoms with Crippen molar-refractivity contribution in [2.24, 2.45) is 0 Å². The summed E-state index contributed by atoms with van der Waals surface area (Å²) in [6, 6.07) is 29.6. The molecule has 0 aliphatic carbocycles. The van der Waals surface area contributed by atoms with Crippen molar-refractivity contribution in [1.82, 2.24) is 4.98 Å². The molecule has 0 N–H and O–H groups in total. The van der Waals surface area contributed by atoms with Crippen LogP contribution in [-0.4, -0.2) is 4.98 Å². The summed E-state index contributed by atoms with van der Waals surface area (Å²) in [6.07, 6.45) is 0. The molecule has 0 spiro atoms. The molecule has 0 saturated heterocycles. The minimum absolute atomic E-state index is 0.673. The second-order valence-corrected chi connectivity index (χ2v) is 7.92. The first-order valence-corrected chi connectivity index (χ1v) is 10.2. The van der Waals surface area contributed by atoms with E-state index in [2.05, 4.69) is 99.6 Å². The van der Waals surface area contributed by atoms with Gasteiger partial charge in [-0.05, 0) is 67.3 Å². The Bertz CT molecular complexity index is 1340. The lowest BCUT2D eigenvalue weighted by Gasteiger charge is -2.08. The van der Waals surface area contributed by atoms with Crippen molar-refractivity contribution in [2.45, 2.75) is 20.8 Å². The number of nitrogens with zero attached hydrogens (tertiary/aromatic N) is 1. The Morgan fingerprint density at radius 1 is 0.633 bits per heavy atom. The standard InChI is InChI=1S/C28H23NO/c1-18-14-19(2)27(20(3)15-18)26-17-24-12-13-25(29-28(24)30-26)23-11-7-10-22(16-23)21-8-5-4-6-9-21/h4-17H,1-3H3. The van der Waals surface area contributed by atoms with E-state index in [1.54, 1.807) is 0 Å². The van der Waals surface area contributed by atoms with Crippen LogP contribution >= 0.6 is 0 Å². The van der Waals surface area contributed by atoms with E-state index in [4.69, 9.17) is 9.40 Å². The fourth-order valence-corrected chi connectivity index (χ4v) is 4.26. The number of furan rings is 1. The molecule has 0 saturated carbocycles. The summed E-state index contributed by atoms with van der Waals surface area (Å²) in [5.74, 6) is 0.877. The monoisotopic (exact) mass is 389 g/mol. The van der Waals surface area contributed by atoms with E-state index in [9.17, 15) is 0 Å². The Morgan fingerprint density at radius 2 is 1.33 bits per heavy atom. The third kappa shape index (κ3) is 3.31. The summed E-state index contributed by atoms with van der Waals surface area (Å²) in [5, 5.41) is 1.02. The molecule has 5 rings (SSSR count). The number of aromatic nitrogens is 1. The van der Waals surface area contributed by atoms with Crippen molar-refractivity contribution in [1.29, 1.82) is 0 Å². The van der Waals surface area contributed by atoms with Crippen molar-refractivity contribution in [3.8, 4) is 33.7 Å². The lowest BCUT2D eigenvalue weighted by Crippen LogP contribution is -1.88. The molecule has 3 aromatic carbocycles. The normalized spacial score (nSPS) is 11.2. The molecular formula is C28H23NO. The van der Waals surface area contributed by atoms with Gasteiger partial charge in [0, 0.05) is 16.5 Å². The van der Waals surface area contributed by atoms with Crippen LogP contribution in [0.5, 0.6) is 0 Å². The van der Waals surface area contributed by atoms with Crippen molar-refractivity contribution in [3.63, 3.8) is 0 Å². The maximum absolute atomic E-state index is 6.22. The Morgan fingerprint density at radius 3 is 2.10 bits per heavy atom. The highest BCUT2D eigenvalue weighted by Gasteiger charge is 2.14. The van der Waals surface area contributed by atoms with Gasteiger partial charge in [-0.25, -0.2) is 4.98 Å². The van der Waals surface area contributed by atoms with Gasteiger partial charge in [0.15, 0.2) is 0 Å². The third-order valence-corrected chi connectivity index (χ3v) is 5.57. The molecule has 0 atom stereocenters. The quantitative estimate of drug-likeness (QED) is 0.315. The molecular weight excluding hydrogens is 366 g/mol. The lowest BCUT2D eigenvalue weighted by atomic mass is 9.98. The second-order valence-electron chi connectivity index (χ2n) is 7.92. The second kappa shape index (κ2) is 7.31. The SMILES string of the molecule is Cc1cc(C)c(-c2cc3ccc(-c4cccc(-c5ccccc5)c4)nc3o2)c(C)c1. The summed E-state index contributed by atoms with van der Waals surface area (Å²) < 4.78 is 6.22. The highest BCUT2D eigenvalue weighted by Crippen LogP contribution is 2.34. The van der Waals surface area contributed by atoms with Crippen molar-refractivity contribution in [3.05, 3.63) is 102 Å². The van der Waals surface area contributed by atoms with E-state index >= 15 is 0 Å². The number of hydrogen-bond acceptors (Lipinski definition) is 2. The summed E-state index contributed by atoms with van der Waals surface area (Å²) in [7, 11) is 0. The molecule has 5 aromatic rings. The first-order valence-electron chi connectivity index (χ1n) is 10.2. The van der Waals surface area contributed by atoms with Crippen LogP contribution < -0.4 is 0 Å². The van der Waals surface area contributed by atoms with Gasteiger partial charge in [-0.2, -0.15) is 0 Å². The minimum atomic E-state index is 0.673. The Balaban J connectivity index is 1.57. The van der Waals surface area contributed by atoms with Crippen molar-refractivity contribution >= 4 is 11.1 Å².